The van der Waals surface area contributed by atoms with Crippen LogP contribution in [0.5, 0.6) is 0 Å². The van der Waals surface area contributed by atoms with Gasteiger partial charge in [0.2, 0.25) is 0 Å². The molecular weight excluding hydrogens is 156 g/mol. The number of hydrogen-bond acceptors (Lipinski definition) is 2. The summed E-state index contributed by atoms with van der Waals surface area (Å²) in [4.78, 5) is 10.7. The second kappa shape index (κ2) is 4.65. The molecule has 0 fully saturated rings. The molecule has 0 unspecified atom stereocenters. The van der Waals surface area contributed by atoms with Gasteiger partial charge in [0.25, 0.3) is 0 Å². The highest BCUT2D eigenvalue weighted by molar-refractivity contribution is 8.08. The van der Waals surface area contributed by atoms with E-state index in [1.54, 1.807) is 13.0 Å². The number of carbonyl (C=O) groups excluding carboxylic acids is 1. The number of aldehydes is 1. The van der Waals surface area contributed by atoms with Crippen molar-refractivity contribution >= 4 is 29.6 Å². The summed E-state index contributed by atoms with van der Waals surface area (Å²) < 4.78 is 0.412. The number of carbonyl (C=O) groups is 1. The van der Waals surface area contributed by atoms with Crippen LogP contribution >= 0.6 is 23.4 Å². The molecule has 0 rings (SSSR count). The summed E-state index contributed by atoms with van der Waals surface area (Å²) in [5.74, 6) is 0. The Balaban J connectivity index is 3.86. The third kappa shape index (κ3) is 4.30. The summed E-state index contributed by atoms with van der Waals surface area (Å²) in [7, 11) is 0. The molecule has 0 saturated heterocycles. The van der Waals surface area contributed by atoms with E-state index in [-0.39, 0.29) is 0 Å². The molecule has 0 aliphatic heterocycles. The van der Waals surface area contributed by atoms with Gasteiger partial charge in [-0.1, -0.05) is 36.0 Å². The topological polar surface area (TPSA) is 17.1 Å². The lowest BCUT2D eigenvalue weighted by molar-refractivity contribution is -0.104. The molecule has 0 heterocycles. The van der Waals surface area contributed by atoms with E-state index in [0.29, 0.717) is 9.27 Å². The van der Waals surface area contributed by atoms with Gasteiger partial charge in [-0.25, -0.2) is 0 Å². The van der Waals surface area contributed by atoms with Crippen LogP contribution in [-0.4, -0.2) is 6.29 Å². The van der Waals surface area contributed by atoms with Gasteiger partial charge in [-0.15, -0.1) is 0 Å². The number of thioether (sulfide) groups is 1. The molecule has 0 aromatic rings. The summed E-state index contributed by atoms with van der Waals surface area (Å²) in [6, 6.07) is 0. The first-order valence-corrected chi connectivity index (χ1v) is 3.54. The molecule has 0 aromatic heterocycles. The van der Waals surface area contributed by atoms with Crippen molar-refractivity contribution < 1.29 is 4.79 Å². The summed E-state index contributed by atoms with van der Waals surface area (Å²) in [5.41, 5.74) is 0. The quantitative estimate of drug-likeness (QED) is 0.469. The van der Waals surface area contributed by atoms with E-state index in [9.17, 15) is 4.79 Å². The summed E-state index contributed by atoms with van der Waals surface area (Å²) >= 11 is 6.56. The maximum absolute atomic E-state index is 10.1. The second-order valence-corrected chi connectivity index (χ2v) is 3.11. The van der Waals surface area contributed by atoms with Crippen LogP contribution in [0, 0.1) is 0 Å². The van der Waals surface area contributed by atoms with Gasteiger partial charge in [0.05, 0.1) is 4.36 Å². The van der Waals surface area contributed by atoms with Crippen molar-refractivity contribution in [3.05, 3.63) is 21.9 Å². The van der Waals surface area contributed by atoms with Crippen LogP contribution < -0.4 is 0 Å². The lowest BCUT2D eigenvalue weighted by Gasteiger charge is -1.91. The molecule has 0 N–H and O–H groups in total. The predicted molar refractivity (Wildman–Crippen MR) is 42.4 cm³/mol. The number of allylic oxidation sites excluding steroid dienone is 2. The number of rotatable bonds is 3. The first-order valence-electron chi connectivity index (χ1n) is 2.34. The van der Waals surface area contributed by atoms with Gasteiger partial charge < -0.3 is 0 Å². The van der Waals surface area contributed by atoms with Crippen molar-refractivity contribution in [2.24, 2.45) is 0 Å². The highest BCUT2D eigenvalue weighted by Gasteiger charge is 1.94. The van der Waals surface area contributed by atoms with Gasteiger partial charge in [0, 0.05) is 4.91 Å². The Morgan fingerprint density at radius 3 is 2.44 bits per heavy atom. The lowest BCUT2D eigenvalue weighted by Crippen LogP contribution is -1.73. The third-order valence-electron chi connectivity index (χ3n) is 0.629. The standard InChI is InChI=1S/C6H7ClOS/c1-3-6(4-8)9-5(2)7/h3-4H,2H2,1H3/b6-3-. The Labute approximate surface area is 63.8 Å². The van der Waals surface area contributed by atoms with Gasteiger partial charge in [-0.05, 0) is 6.92 Å². The molecule has 0 bridgehead atoms. The highest BCUT2D eigenvalue weighted by atomic mass is 35.5. The Morgan fingerprint density at radius 2 is 2.33 bits per heavy atom. The Morgan fingerprint density at radius 1 is 1.78 bits per heavy atom. The second-order valence-electron chi connectivity index (χ2n) is 1.27. The fraction of sp³-hybridized carbons (Fsp3) is 0.167. The smallest absolute Gasteiger partial charge is 0.156 e. The summed E-state index contributed by atoms with van der Waals surface area (Å²) in [5, 5.41) is 0. The lowest BCUT2D eigenvalue weighted by atomic mass is 10.6. The predicted octanol–water partition coefficient (Wildman–Crippen LogP) is 2.53. The van der Waals surface area contributed by atoms with E-state index in [0.717, 1.165) is 18.0 Å². The van der Waals surface area contributed by atoms with Gasteiger partial charge in [-0.2, -0.15) is 0 Å². The highest BCUT2D eigenvalue weighted by Crippen LogP contribution is 2.24. The SMILES string of the molecule is C=C(Cl)S/C(C=O)=C\C. The first-order chi connectivity index (χ1) is 4.20. The average molecular weight is 163 g/mol. The molecule has 0 radical (unpaired) electrons. The van der Waals surface area contributed by atoms with E-state index in [1.165, 1.54) is 0 Å². The van der Waals surface area contributed by atoms with Crippen molar-refractivity contribution in [2.45, 2.75) is 6.92 Å². The van der Waals surface area contributed by atoms with Crippen molar-refractivity contribution in [3.63, 3.8) is 0 Å². The Hall–Kier alpha value is -0.210. The van der Waals surface area contributed by atoms with Gasteiger partial charge in [0.15, 0.2) is 6.29 Å². The number of halogens is 1. The average Bonchev–Trinajstić information content (AvgIpc) is 1.82. The molecule has 0 aliphatic carbocycles. The maximum atomic E-state index is 10.1. The molecule has 0 saturated carbocycles. The largest absolute Gasteiger partial charge is 0.297 e. The minimum absolute atomic E-state index is 0.412. The fourth-order valence-corrected chi connectivity index (χ4v) is 0.968. The van der Waals surface area contributed by atoms with E-state index in [4.69, 9.17) is 11.6 Å². The maximum Gasteiger partial charge on any atom is 0.156 e. The van der Waals surface area contributed by atoms with Gasteiger partial charge in [0.1, 0.15) is 0 Å². The molecule has 1 nitrogen and oxygen atoms in total. The van der Waals surface area contributed by atoms with E-state index >= 15 is 0 Å². The molecule has 50 valence electrons. The van der Waals surface area contributed by atoms with E-state index in [2.05, 4.69) is 6.58 Å². The fourth-order valence-electron chi connectivity index (χ4n) is 0.279. The monoisotopic (exact) mass is 162 g/mol. The Kier molecular flexibility index (Phi) is 4.54. The van der Waals surface area contributed by atoms with E-state index < -0.39 is 0 Å². The van der Waals surface area contributed by atoms with Crippen LogP contribution in [0.25, 0.3) is 0 Å². The Bertz CT molecular complexity index is 151. The van der Waals surface area contributed by atoms with Crippen molar-refractivity contribution in [1.82, 2.24) is 0 Å². The zero-order valence-corrected chi connectivity index (χ0v) is 6.63. The summed E-state index contributed by atoms with van der Waals surface area (Å²) in [6.45, 7) is 5.19. The molecule has 0 aliphatic rings. The van der Waals surface area contributed by atoms with Gasteiger partial charge >= 0.3 is 0 Å². The van der Waals surface area contributed by atoms with Crippen LogP contribution in [0.3, 0.4) is 0 Å². The van der Waals surface area contributed by atoms with Crippen molar-refractivity contribution in [1.29, 1.82) is 0 Å². The normalized spacial score (nSPS) is 11.1. The zero-order chi connectivity index (χ0) is 7.28. The van der Waals surface area contributed by atoms with Crippen LogP contribution in [0.1, 0.15) is 6.92 Å². The van der Waals surface area contributed by atoms with Crippen LogP contribution in [0.2, 0.25) is 0 Å². The first kappa shape index (κ1) is 8.79. The zero-order valence-electron chi connectivity index (χ0n) is 5.06. The molecule has 3 heteroatoms. The van der Waals surface area contributed by atoms with Crippen molar-refractivity contribution in [2.75, 3.05) is 0 Å². The molecule has 0 aromatic carbocycles. The molecule has 0 atom stereocenters. The molecule has 0 spiro atoms. The summed E-state index contributed by atoms with van der Waals surface area (Å²) in [6.07, 6.45) is 2.43. The number of hydrogen-bond donors (Lipinski definition) is 0. The minimum Gasteiger partial charge on any atom is -0.297 e. The molecule has 0 amide bonds. The van der Waals surface area contributed by atoms with Crippen LogP contribution in [0.4, 0.5) is 0 Å². The van der Waals surface area contributed by atoms with Crippen LogP contribution in [0.15, 0.2) is 21.9 Å². The van der Waals surface area contributed by atoms with E-state index in [1.807, 2.05) is 0 Å². The molecule has 9 heavy (non-hydrogen) atoms. The molecular formula is C6H7ClOS. The third-order valence-corrected chi connectivity index (χ3v) is 1.65. The van der Waals surface area contributed by atoms with Gasteiger partial charge in [-0.3, -0.25) is 4.79 Å². The van der Waals surface area contributed by atoms with Crippen molar-refractivity contribution in [3.8, 4) is 0 Å². The minimum atomic E-state index is 0.412. The van der Waals surface area contributed by atoms with Crippen LogP contribution in [-0.2, 0) is 4.79 Å².